The fraction of sp³-hybridized carbons (Fsp3) is 0.286. The molecule has 19 heavy (non-hydrogen) atoms. The van der Waals surface area contributed by atoms with Crippen LogP contribution in [0, 0.1) is 6.92 Å². The second-order valence-corrected chi connectivity index (χ2v) is 4.25. The van der Waals surface area contributed by atoms with E-state index >= 15 is 0 Å². The molecule has 5 heteroatoms. The molecule has 1 heterocycles. The van der Waals surface area contributed by atoms with Crippen molar-refractivity contribution in [2.45, 2.75) is 20.3 Å². The van der Waals surface area contributed by atoms with Crippen molar-refractivity contribution in [2.75, 3.05) is 17.7 Å². The fourth-order valence-electron chi connectivity index (χ4n) is 1.66. The number of hydrogen-bond donors (Lipinski definition) is 2. The zero-order chi connectivity index (χ0) is 13.7. The standard InChI is InChI=1S/C14H18N4O/c1-3-8-19-12-6-4-11(5-7-12)17-13-9-10(2)16-14(15)18-13/h4-7,9H,3,8H2,1-2H3,(H3,15,16,17,18). The van der Waals surface area contributed by atoms with Crippen LogP contribution in [-0.2, 0) is 0 Å². The quantitative estimate of drug-likeness (QED) is 0.862. The van der Waals surface area contributed by atoms with Gasteiger partial charge in [-0.2, -0.15) is 4.98 Å². The minimum absolute atomic E-state index is 0.269. The van der Waals surface area contributed by atoms with Gasteiger partial charge in [-0.3, -0.25) is 0 Å². The Morgan fingerprint density at radius 3 is 2.58 bits per heavy atom. The summed E-state index contributed by atoms with van der Waals surface area (Å²) in [7, 11) is 0. The van der Waals surface area contributed by atoms with Gasteiger partial charge < -0.3 is 15.8 Å². The summed E-state index contributed by atoms with van der Waals surface area (Å²) < 4.78 is 5.53. The smallest absolute Gasteiger partial charge is 0.222 e. The van der Waals surface area contributed by atoms with E-state index in [1.165, 1.54) is 0 Å². The van der Waals surface area contributed by atoms with E-state index in [1.807, 2.05) is 37.3 Å². The van der Waals surface area contributed by atoms with E-state index in [4.69, 9.17) is 10.5 Å². The van der Waals surface area contributed by atoms with Crippen LogP contribution in [0.2, 0.25) is 0 Å². The molecule has 3 N–H and O–H groups in total. The lowest BCUT2D eigenvalue weighted by molar-refractivity contribution is 0.317. The van der Waals surface area contributed by atoms with E-state index in [-0.39, 0.29) is 5.95 Å². The first kappa shape index (κ1) is 13.1. The summed E-state index contributed by atoms with van der Waals surface area (Å²) in [6.07, 6.45) is 0.999. The Hall–Kier alpha value is -2.30. The van der Waals surface area contributed by atoms with Gasteiger partial charge in [0.15, 0.2) is 0 Å². The maximum Gasteiger partial charge on any atom is 0.222 e. The van der Waals surface area contributed by atoms with Crippen LogP contribution in [0.15, 0.2) is 30.3 Å². The molecule has 0 saturated carbocycles. The van der Waals surface area contributed by atoms with Crippen LogP contribution in [0.5, 0.6) is 5.75 Å². The van der Waals surface area contributed by atoms with Crippen molar-refractivity contribution in [1.82, 2.24) is 9.97 Å². The van der Waals surface area contributed by atoms with E-state index in [0.717, 1.165) is 30.2 Å². The zero-order valence-electron chi connectivity index (χ0n) is 11.2. The lowest BCUT2D eigenvalue weighted by atomic mass is 10.3. The van der Waals surface area contributed by atoms with Gasteiger partial charge in [-0.05, 0) is 37.6 Å². The first-order valence-corrected chi connectivity index (χ1v) is 6.28. The number of rotatable bonds is 5. The number of nitrogens with zero attached hydrogens (tertiary/aromatic N) is 2. The Kier molecular flexibility index (Phi) is 4.18. The minimum Gasteiger partial charge on any atom is -0.494 e. The lowest BCUT2D eigenvalue weighted by Crippen LogP contribution is -2.01. The van der Waals surface area contributed by atoms with E-state index in [9.17, 15) is 0 Å². The first-order chi connectivity index (χ1) is 9.17. The first-order valence-electron chi connectivity index (χ1n) is 6.28. The van der Waals surface area contributed by atoms with Crippen LogP contribution in [0.3, 0.4) is 0 Å². The molecule has 2 aromatic rings. The number of nitrogens with one attached hydrogen (secondary N) is 1. The number of ether oxygens (including phenoxy) is 1. The molecule has 0 saturated heterocycles. The number of aryl methyl sites for hydroxylation is 1. The van der Waals surface area contributed by atoms with Crippen LogP contribution in [0.1, 0.15) is 19.0 Å². The highest BCUT2D eigenvalue weighted by atomic mass is 16.5. The van der Waals surface area contributed by atoms with Gasteiger partial charge >= 0.3 is 0 Å². The van der Waals surface area contributed by atoms with Crippen molar-refractivity contribution in [1.29, 1.82) is 0 Å². The SMILES string of the molecule is CCCOc1ccc(Nc2cc(C)nc(N)n2)cc1. The Balaban J connectivity index is 2.06. The second-order valence-electron chi connectivity index (χ2n) is 4.25. The summed E-state index contributed by atoms with van der Waals surface area (Å²) in [6, 6.07) is 9.58. The minimum atomic E-state index is 0.269. The highest BCUT2D eigenvalue weighted by Gasteiger charge is 2.00. The van der Waals surface area contributed by atoms with Crippen molar-refractivity contribution in [2.24, 2.45) is 0 Å². The van der Waals surface area contributed by atoms with Gasteiger partial charge in [-0.1, -0.05) is 6.92 Å². The number of aromatic nitrogens is 2. The molecule has 0 fully saturated rings. The molecule has 1 aromatic heterocycles. The maximum absolute atomic E-state index is 5.61. The average molecular weight is 258 g/mol. The topological polar surface area (TPSA) is 73.1 Å². The molecule has 0 aliphatic rings. The molecular weight excluding hydrogens is 240 g/mol. The molecule has 0 atom stereocenters. The highest BCUT2D eigenvalue weighted by Crippen LogP contribution is 2.19. The van der Waals surface area contributed by atoms with Gasteiger partial charge in [0.1, 0.15) is 11.6 Å². The average Bonchev–Trinajstić information content (AvgIpc) is 2.37. The molecule has 0 amide bonds. The Labute approximate surface area is 112 Å². The fourth-order valence-corrected chi connectivity index (χ4v) is 1.66. The number of nitrogens with two attached hydrogens (primary N) is 1. The third-order valence-corrected chi connectivity index (χ3v) is 2.47. The summed E-state index contributed by atoms with van der Waals surface area (Å²) in [5.74, 6) is 1.82. The molecule has 1 aromatic carbocycles. The molecule has 0 unspecified atom stereocenters. The Morgan fingerprint density at radius 2 is 1.95 bits per heavy atom. The summed E-state index contributed by atoms with van der Waals surface area (Å²) in [5.41, 5.74) is 7.37. The normalized spacial score (nSPS) is 10.2. The van der Waals surface area contributed by atoms with Crippen LogP contribution in [0.4, 0.5) is 17.5 Å². The molecule has 2 rings (SSSR count). The van der Waals surface area contributed by atoms with Gasteiger partial charge in [0, 0.05) is 17.4 Å². The molecule has 0 aliphatic heterocycles. The summed E-state index contributed by atoms with van der Waals surface area (Å²) in [5, 5.41) is 3.18. The molecular formula is C14H18N4O. The number of nitrogen functional groups attached to an aromatic ring is 1. The van der Waals surface area contributed by atoms with Crippen LogP contribution >= 0.6 is 0 Å². The Morgan fingerprint density at radius 1 is 1.21 bits per heavy atom. The molecule has 0 radical (unpaired) electrons. The van der Waals surface area contributed by atoms with Gasteiger partial charge in [0.2, 0.25) is 5.95 Å². The van der Waals surface area contributed by atoms with E-state index in [1.54, 1.807) is 0 Å². The van der Waals surface area contributed by atoms with E-state index in [2.05, 4.69) is 22.2 Å². The monoisotopic (exact) mass is 258 g/mol. The predicted octanol–water partition coefficient (Wildman–Crippen LogP) is 2.90. The summed E-state index contributed by atoms with van der Waals surface area (Å²) >= 11 is 0. The van der Waals surface area contributed by atoms with E-state index in [0.29, 0.717) is 5.82 Å². The van der Waals surface area contributed by atoms with Crippen molar-refractivity contribution < 1.29 is 4.74 Å². The summed E-state index contributed by atoms with van der Waals surface area (Å²) in [6.45, 7) is 4.69. The van der Waals surface area contributed by atoms with Crippen LogP contribution < -0.4 is 15.8 Å². The molecule has 0 bridgehead atoms. The third kappa shape index (κ3) is 3.84. The highest BCUT2D eigenvalue weighted by molar-refractivity contribution is 5.58. The van der Waals surface area contributed by atoms with Gasteiger partial charge in [0.25, 0.3) is 0 Å². The number of benzene rings is 1. The maximum atomic E-state index is 5.61. The molecule has 5 nitrogen and oxygen atoms in total. The zero-order valence-corrected chi connectivity index (χ0v) is 11.2. The van der Waals surface area contributed by atoms with Gasteiger partial charge in [-0.15, -0.1) is 0 Å². The van der Waals surface area contributed by atoms with Crippen molar-refractivity contribution in [3.8, 4) is 5.75 Å². The molecule has 100 valence electrons. The number of hydrogen-bond acceptors (Lipinski definition) is 5. The third-order valence-electron chi connectivity index (χ3n) is 2.47. The Bertz CT molecular complexity index is 519. The van der Waals surface area contributed by atoms with Crippen molar-refractivity contribution in [3.05, 3.63) is 36.0 Å². The van der Waals surface area contributed by atoms with E-state index < -0.39 is 0 Å². The summed E-state index contributed by atoms with van der Waals surface area (Å²) in [4.78, 5) is 8.16. The predicted molar refractivity (Wildman–Crippen MR) is 76.7 cm³/mol. The lowest BCUT2D eigenvalue weighted by Gasteiger charge is -2.08. The molecule has 0 spiro atoms. The second kappa shape index (κ2) is 6.04. The molecule has 0 aliphatic carbocycles. The van der Waals surface area contributed by atoms with Crippen molar-refractivity contribution >= 4 is 17.5 Å². The van der Waals surface area contributed by atoms with Gasteiger partial charge in [-0.25, -0.2) is 4.98 Å². The largest absolute Gasteiger partial charge is 0.494 e. The van der Waals surface area contributed by atoms with Crippen LogP contribution in [-0.4, -0.2) is 16.6 Å². The number of anilines is 3. The van der Waals surface area contributed by atoms with Crippen molar-refractivity contribution in [3.63, 3.8) is 0 Å². The van der Waals surface area contributed by atoms with Crippen LogP contribution in [0.25, 0.3) is 0 Å². The van der Waals surface area contributed by atoms with Gasteiger partial charge in [0.05, 0.1) is 6.61 Å².